The van der Waals surface area contributed by atoms with Gasteiger partial charge in [-0.2, -0.15) is 9.69 Å². The first-order chi connectivity index (χ1) is 8.35. The van der Waals surface area contributed by atoms with Crippen molar-refractivity contribution in [3.05, 3.63) is 76.8 Å². The van der Waals surface area contributed by atoms with Gasteiger partial charge >= 0.3 is 5.82 Å². The molecule has 1 aromatic rings. The molecule has 82 valence electrons. The van der Waals surface area contributed by atoms with Crippen LogP contribution in [0.25, 0.3) is 9.69 Å². The molecule has 0 saturated heterocycles. The smallest absolute Gasteiger partial charge is 0.347 e. The number of benzene rings is 1. The van der Waals surface area contributed by atoms with Crippen LogP contribution in [0.15, 0.2) is 48.4 Å². The Labute approximate surface area is 101 Å². The molecule has 0 unspecified atom stereocenters. The third-order valence-corrected chi connectivity index (χ3v) is 2.66. The lowest BCUT2D eigenvalue weighted by atomic mass is 10.2. The lowest BCUT2D eigenvalue weighted by Gasteiger charge is -2.12. The van der Waals surface area contributed by atoms with Crippen LogP contribution in [-0.4, -0.2) is 6.54 Å². The minimum absolute atomic E-state index is 0.0914. The molecule has 2 rings (SSSR count). The Hall–Kier alpha value is -2.52. The Morgan fingerprint density at radius 1 is 1.24 bits per heavy atom. The molecule has 0 saturated carbocycles. The van der Waals surface area contributed by atoms with Gasteiger partial charge < -0.3 is 4.90 Å². The number of hydrogen-bond donors (Lipinski definition) is 0. The van der Waals surface area contributed by atoms with Crippen LogP contribution in [0.3, 0.4) is 0 Å². The number of anilines is 1. The summed E-state index contributed by atoms with van der Waals surface area (Å²) in [7, 11) is 0. The SMILES string of the molecule is [C-]#[N+]C(=C/C=C/N1CCc2ccccc21)[N+]#[C-]. The summed E-state index contributed by atoms with van der Waals surface area (Å²) in [6.45, 7) is 14.5. The standard InChI is InChI=1S/C14H11N3/c1-15-14(16-2)8-5-10-17-11-9-12-6-3-4-7-13(12)17/h3-8,10H,9,11H2/b10-5+. The quantitative estimate of drug-likeness (QED) is 0.551. The van der Waals surface area contributed by atoms with Crippen LogP contribution in [0.2, 0.25) is 0 Å². The molecule has 3 heteroatoms. The fourth-order valence-corrected chi connectivity index (χ4v) is 1.85. The van der Waals surface area contributed by atoms with Crippen molar-refractivity contribution >= 4 is 5.69 Å². The molecule has 0 N–H and O–H groups in total. The summed E-state index contributed by atoms with van der Waals surface area (Å²) in [5.74, 6) is 0.0914. The topological polar surface area (TPSA) is 12.0 Å². The molecule has 0 bridgehead atoms. The van der Waals surface area contributed by atoms with E-state index in [0.29, 0.717) is 0 Å². The van der Waals surface area contributed by atoms with Gasteiger partial charge in [0.1, 0.15) is 13.1 Å². The zero-order valence-electron chi connectivity index (χ0n) is 9.30. The molecule has 3 nitrogen and oxygen atoms in total. The Kier molecular flexibility index (Phi) is 3.23. The number of rotatable bonds is 2. The molecule has 0 aliphatic carbocycles. The monoisotopic (exact) mass is 221 g/mol. The van der Waals surface area contributed by atoms with E-state index in [-0.39, 0.29) is 5.82 Å². The average Bonchev–Trinajstić information content (AvgIpc) is 2.78. The van der Waals surface area contributed by atoms with Crippen LogP contribution in [0.1, 0.15) is 5.56 Å². The average molecular weight is 221 g/mol. The van der Waals surface area contributed by atoms with E-state index in [1.54, 1.807) is 12.2 Å². The van der Waals surface area contributed by atoms with E-state index in [2.05, 4.69) is 26.7 Å². The van der Waals surface area contributed by atoms with Gasteiger partial charge in [0.05, 0.1) is 0 Å². The summed E-state index contributed by atoms with van der Waals surface area (Å²) in [5, 5.41) is 0. The Morgan fingerprint density at radius 3 is 2.76 bits per heavy atom. The largest absolute Gasteiger partial charge is 0.519 e. The van der Waals surface area contributed by atoms with Gasteiger partial charge in [0, 0.05) is 24.5 Å². The molecule has 0 spiro atoms. The fraction of sp³-hybridized carbons (Fsp3) is 0.143. The van der Waals surface area contributed by atoms with E-state index in [1.165, 1.54) is 11.3 Å². The summed E-state index contributed by atoms with van der Waals surface area (Å²) in [5.41, 5.74) is 2.56. The van der Waals surface area contributed by atoms with Crippen molar-refractivity contribution in [1.82, 2.24) is 0 Å². The van der Waals surface area contributed by atoms with Crippen molar-refractivity contribution in [1.29, 1.82) is 0 Å². The molecule has 1 aliphatic heterocycles. The first-order valence-corrected chi connectivity index (χ1v) is 5.33. The maximum absolute atomic E-state index is 6.76. The van der Waals surface area contributed by atoms with Crippen LogP contribution in [0, 0.1) is 13.1 Å². The normalized spacial score (nSPS) is 12.9. The van der Waals surface area contributed by atoms with E-state index < -0.39 is 0 Å². The van der Waals surface area contributed by atoms with E-state index in [4.69, 9.17) is 13.1 Å². The van der Waals surface area contributed by atoms with Crippen LogP contribution >= 0.6 is 0 Å². The van der Waals surface area contributed by atoms with Crippen molar-refractivity contribution in [3.8, 4) is 0 Å². The van der Waals surface area contributed by atoms with Gasteiger partial charge in [-0.1, -0.05) is 18.2 Å². The van der Waals surface area contributed by atoms with Crippen molar-refractivity contribution < 1.29 is 0 Å². The highest BCUT2D eigenvalue weighted by atomic mass is 15.1. The van der Waals surface area contributed by atoms with Crippen LogP contribution < -0.4 is 4.90 Å². The summed E-state index contributed by atoms with van der Waals surface area (Å²) in [6.07, 6.45) is 6.26. The van der Waals surface area contributed by atoms with Crippen LogP contribution in [0.5, 0.6) is 0 Å². The Balaban J connectivity index is 2.14. The number of nitrogens with zero attached hydrogens (tertiary/aromatic N) is 3. The summed E-state index contributed by atoms with van der Waals surface area (Å²) >= 11 is 0. The van der Waals surface area contributed by atoms with Gasteiger partial charge in [-0.15, -0.1) is 0 Å². The second-order valence-electron chi connectivity index (χ2n) is 3.66. The van der Waals surface area contributed by atoms with E-state index in [0.717, 1.165) is 13.0 Å². The highest BCUT2D eigenvalue weighted by molar-refractivity contribution is 5.60. The molecule has 1 heterocycles. The molecule has 17 heavy (non-hydrogen) atoms. The number of para-hydroxylation sites is 1. The zero-order valence-corrected chi connectivity index (χ0v) is 9.30. The second-order valence-corrected chi connectivity index (χ2v) is 3.66. The molecule has 0 atom stereocenters. The Morgan fingerprint density at radius 2 is 2.00 bits per heavy atom. The summed E-state index contributed by atoms with van der Waals surface area (Å²) in [4.78, 5) is 8.34. The minimum Gasteiger partial charge on any atom is -0.347 e. The van der Waals surface area contributed by atoms with E-state index in [9.17, 15) is 0 Å². The molecule has 1 aliphatic rings. The van der Waals surface area contributed by atoms with Crippen LogP contribution in [0.4, 0.5) is 5.69 Å². The van der Waals surface area contributed by atoms with E-state index >= 15 is 0 Å². The fourth-order valence-electron chi connectivity index (χ4n) is 1.85. The molecule has 0 fully saturated rings. The number of hydrogen-bond acceptors (Lipinski definition) is 1. The van der Waals surface area contributed by atoms with Gasteiger partial charge in [-0.25, -0.2) is 0 Å². The lowest BCUT2D eigenvalue weighted by Crippen LogP contribution is -2.11. The molecular weight excluding hydrogens is 210 g/mol. The first kappa shape index (κ1) is 11.0. The second kappa shape index (κ2) is 5.01. The maximum Gasteiger partial charge on any atom is 0.519 e. The zero-order chi connectivity index (χ0) is 12.1. The van der Waals surface area contributed by atoms with Crippen molar-refractivity contribution in [3.63, 3.8) is 0 Å². The predicted molar refractivity (Wildman–Crippen MR) is 67.9 cm³/mol. The highest BCUT2D eigenvalue weighted by Crippen LogP contribution is 2.27. The third kappa shape index (κ3) is 2.35. The number of allylic oxidation sites excluding steroid dienone is 2. The van der Waals surface area contributed by atoms with Gasteiger partial charge in [-0.3, -0.25) is 0 Å². The highest BCUT2D eigenvalue weighted by Gasteiger charge is 2.15. The molecule has 1 aromatic carbocycles. The van der Waals surface area contributed by atoms with Gasteiger partial charge in [0.2, 0.25) is 0 Å². The lowest BCUT2D eigenvalue weighted by molar-refractivity contribution is 0.992. The molecular formula is C14H11N3. The Bertz CT molecular complexity index is 540. The molecule has 0 aromatic heterocycles. The van der Waals surface area contributed by atoms with Crippen molar-refractivity contribution in [2.24, 2.45) is 0 Å². The first-order valence-electron chi connectivity index (χ1n) is 5.33. The third-order valence-electron chi connectivity index (χ3n) is 2.66. The van der Waals surface area contributed by atoms with Crippen molar-refractivity contribution in [2.75, 3.05) is 11.4 Å². The maximum atomic E-state index is 6.76. The summed E-state index contributed by atoms with van der Waals surface area (Å²) in [6, 6.07) is 8.27. The minimum atomic E-state index is 0.0914. The predicted octanol–water partition coefficient (Wildman–Crippen LogP) is 3.24. The van der Waals surface area contributed by atoms with Gasteiger partial charge in [-0.05, 0) is 24.1 Å². The van der Waals surface area contributed by atoms with Gasteiger partial charge in [0.15, 0.2) is 0 Å². The summed E-state index contributed by atoms with van der Waals surface area (Å²) < 4.78 is 0. The molecule has 0 radical (unpaired) electrons. The van der Waals surface area contributed by atoms with Crippen molar-refractivity contribution in [2.45, 2.75) is 6.42 Å². The number of fused-ring (bicyclic) bond motifs is 1. The van der Waals surface area contributed by atoms with Gasteiger partial charge in [0.25, 0.3) is 0 Å². The van der Waals surface area contributed by atoms with E-state index in [1.807, 2.05) is 18.3 Å². The van der Waals surface area contributed by atoms with Crippen LogP contribution in [-0.2, 0) is 6.42 Å². The molecule has 0 amide bonds.